The van der Waals surface area contributed by atoms with Crippen LogP contribution in [0.1, 0.15) is 81.3 Å². The minimum atomic E-state index is -4.26. The van der Waals surface area contributed by atoms with Gasteiger partial charge >= 0.3 is 12.1 Å². The van der Waals surface area contributed by atoms with Gasteiger partial charge in [0.05, 0.1) is 5.56 Å². The van der Waals surface area contributed by atoms with Crippen LogP contribution >= 0.6 is 0 Å². The van der Waals surface area contributed by atoms with E-state index in [-0.39, 0.29) is 0 Å². The number of allylic oxidation sites excluding steroid dienone is 1. The number of alkyl halides is 3. The van der Waals surface area contributed by atoms with Gasteiger partial charge in [0, 0.05) is 6.08 Å². The monoisotopic (exact) mass is 408 g/mol. The summed E-state index contributed by atoms with van der Waals surface area (Å²) in [5.74, 6) is 1.78. The van der Waals surface area contributed by atoms with E-state index in [1.54, 1.807) is 18.2 Å². The molecule has 0 atom stereocenters. The third-order valence-corrected chi connectivity index (χ3v) is 7.04. The van der Waals surface area contributed by atoms with Gasteiger partial charge in [0.15, 0.2) is 0 Å². The van der Waals surface area contributed by atoms with Gasteiger partial charge < -0.3 is 5.11 Å². The highest BCUT2D eigenvalue weighted by Gasteiger charge is 2.32. The molecule has 0 spiro atoms. The largest absolute Gasteiger partial charge is 0.478 e. The number of halogens is 3. The van der Waals surface area contributed by atoms with E-state index in [0.29, 0.717) is 11.8 Å². The van der Waals surface area contributed by atoms with Crippen molar-refractivity contribution < 1.29 is 23.1 Å². The lowest BCUT2D eigenvalue weighted by molar-refractivity contribution is -0.137. The summed E-state index contributed by atoms with van der Waals surface area (Å²) >= 11 is 0. The zero-order valence-electron chi connectivity index (χ0n) is 16.8. The molecule has 0 heterocycles. The highest BCUT2D eigenvalue weighted by Crippen LogP contribution is 2.44. The van der Waals surface area contributed by atoms with Gasteiger partial charge in [-0.05, 0) is 92.7 Å². The van der Waals surface area contributed by atoms with E-state index in [4.69, 9.17) is 5.11 Å². The maximum atomic E-state index is 12.7. The van der Waals surface area contributed by atoms with Crippen LogP contribution in [0.3, 0.4) is 0 Å². The van der Waals surface area contributed by atoms with Gasteiger partial charge in [-0.15, -0.1) is 0 Å². The summed E-state index contributed by atoms with van der Waals surface area (Å²) in [4.78, 5) is 10.5. The highest BCUT2D eigenvalue weighted by atomic mass is 19.4. The van der Waals surface area contributed by atoms with Crippen molar-refractivity contribution in [2.45, 2.75) is 76.3 Å². The molecular weight excluding hydrogens is 377 g/mol. The number of rotatable bonds is 6. The van der Waals surface area contributed by atoms with Crippen LogP contribution < -0.4 is 0 Å². The van der Waals surface area contributed by atoms with Crippen molar-refractivity contribution >= 4 is 5.97 Å². The first-order valence-electron chi connectivity index (χ1n) is 10.9. The number of aliphatic carboxylic acids is 1. The number of hydrogen-bond acceptors (Lipinski definition) is 1. The number of carboxylic acids is 1. The van der Waals surface area contributed by atoms with E-state index in [1.807, 2.05) is 0 Å². The normalized spacial score (nSPS) is 28.5. The van der Waals surface area contributed by atoms with E-state index in [2.05, 4.69) is 0 Å². The third kappa shape index (κ3) is 6.35. The van der Waals surface area contributed by atoms with Crippen LogP contribution in [0.5, 0.6) is 0 Å². The van der Waals surface area contributed by atoms with Crippen molar-refractivity contribution in [2.24, 2.45) is 17.8 Å². The van der Waals surface area contributed by atoms with Crippen LogP contribution in [0.2, 0.25) is 0 Å². The molecule has 160 valence electrons. The van der Waals surface area contributed by atoms with Crippen LogP contribution in [0.25, 0.3) is 0 Å². The molecule has 0 amide bonds. The van der Waals surface area contributed by atoms with Crippen LogP contribution in [0.4, 0.5) is 13.2 Å². The van der Waals surface area contributed by atoms with Crippen molar-refractivity contribution in [2.75, 3.05) is 0 Å². The van der Waals surface area contributed by atoms with E-state index in [0.717, 1.165) is 43.1 Å². The van der Waals surface area contributed by atoms with Gasteiger partial charge in [0.2, 0.25) is 0 Å². The summed E-state index contributed by atoms with van der Waals surface area (Å²) in [6, 6.07) is 5.76. The van der Waals surface area contributed by atoms with E-state index in [9.17, 15) is 18.0 Å². The number of benzene rings is 1. The smallest absolute Gasteiger partial charge is 0.416 e. The number of carbonyl (C=O) groups is 1. The maximum Gasteiger partial charge on any atom is 0.416 e. The molecule has 29 heavy (non-hydrogen) atoms. The molecule has 0 bridgehead atoms. The SMILES string of the molecule is O=C(O)/C=C/CC[C@H]1CC[C@H]([C@H]2CC[C@H](c3ccc(C(F)(F)F)cc3)CC2)CC1. The van der Waals surface area contributed by atoms with Crippen LogP contribution in [-0.2, 0) is 11.0 Å². The molecule has 1 aromatic carbocycles. The number of carboxylic acid groups (broad SMARTS) is 1. The summed E-state index contributed by atoms with van der Waals surface area (Å²) in [6.45, 7) is 0. The zero-order valence-corrected chi connectivity index (χ0v) is 16.8. The van der Waals surface area contributed by atoms with Crippen molar-refractivity contribution in [3.05, 3.63) is 47.5 Å². The molecular formula is C24H31F3O2. The molecule has 0 radical (unpaired) electrons. The van der Waals surface area contributed by atoms with Crippen LogP contribution in [-0.4, -0.2) is 11.1 Å². The molecule has 2 fully saturated rings. The summed E-state index contributed by atoms with van der Waals surface area (Å²) in [5.41, 5.74) is 0.486. The van der Waals surface area contributed by atoms with Crippen LogP contribution in [0, 0.1) is 17.8 Å². The minimum Gasteiger partial charge on any atom is -0.478 e. The lowest BCUT2D eigenvalue weighted by atomic mass is 9.68. The van der Waals surface area contributed by atoms with Crippen molar-refractivity contribution in [1.82, 2.24) is 0 Å². The molecule has 2 aliphatic carbocycles. The van der Waals surface area contributed by atoms with E-state index < -0.39 is 17.7 Å². The second-order valence-electron chi connectivity index (χ2n) is 8.83. The predicted molar refractivity (Wildman–Crippen MR) is 108 cm³/mol. The molecule has 0 saturated heterocycles. The Labute approximate surface area is 171 Å². The summed E-state index contributed by atoms with van der Waals surface area (Å²) < 4.78 is 38.2. The molecule has 1 N–H and O–H groups in total. The average Bonchev–Trinajstić information content (AvgIpc) is 2.71. The Morgan fingerprint density at radius 1 is 0.931 bits per heavy atom. The summed E-state index contributed by atoms with van der Waals surface area (Å²) in [7, 11) is 0. The first kappa shape index (κ1) is 21.9. The quantitative estimate of drug-likeness (QED) is 0.505. The molecule has 0 aliphatic heterocycles. The molecule has 0 unspecified atom stereocenters. The molecule has 3 rings (SSSR count). The van der Waals surface area contributed by atoms with Gasteiger partial charge in [-0.25, -0.2) is 4.79 Å². The first-order chi connectivity index (χ1) is 13.8. The van der Waals surface area contributed by atoms with Gasteiger partial charge in [-0.2, -0.15) is 13.2 Å². The fraction of sp³-hybridized carbons (Fsp3) is 0.625. The summed E-state index contributed by atoms with van der Waals surface area (Å²) in [6.07, 6.45) is 10.2. The van der Waals surface area contributed by atoms with Gasteiger partial charge in [0.1, 0.15) is 0 Å². The molecule has 2 nitrogen and oxygen atoms in total. The fourth-order valence-electron chi connectivity index (χ4n) is 5.33. The lowest BCUT2D eigenvalue weighted by Crippen LogP contribution is -2.25. The standard InChI is InChI=1S/C24H31F3O2/c25-24(26,27)22-15-13-21(14-16-22)20-11-9-19(10-12-20)18-7-5-17(6-8-18)3-1-2-4-23(28)29/h2,4,13-20H,1,3,5-12H2,(H,28,29)/b4-2+/t17-,18-,19-,20-. The van der Waals surface area contributed by atoms with Crippen molar-refractivity contribution in [1.29, 1.82) is 0 Å². The van der Waals surface area contributed by atoms with E-state index in [1.165, 1.54) is 56.7 Å². The highest BCUT2D eigenvalue weighted by molar-refractivity contribution is 5.79. The molecule has 1 aromatic rings. The Kier molecular flexibility index (Phi) is 7.42. The van der Waals surface area contributed by atoms with Crippen molar-refractivity contribution in [3.63, 3.8) is 0 Å². The van der Waals surface area contributed by atoms with Gasteiger partial charge in [-0.1, -0.05) is 31.1 Å². The predicted octanol–water partition coefficient (Wildman–Crippen LogP) is 7.21. The maximum absolute atomic E-state index is 12.7. The fourth-order valence-corrected chi connectivity index (χ4v) is 5.33. The van der Waals surface area contributed by atoms with Crippen molar-refractivity contribution in [3.8, 4) is 0 Å². The van der Waals surface area contributed by atoms with E-state index >= 15 is 0 Å². The Bertz CT molecular complexity index is 677. The Morgan fingerprint density at radius 3 is 2.00 bits per heavy atom. The first-order valence-corrected chi connectivity index (χ1v) is 10.9. The molecule has 5 heteroatoms. The van der Waals surface area contributed by atoms with Crippen LogP contribution in [0.15, 0.2) is 36.4 Å². The molecule has 2 aliphatic rings. The average molecular weight is 409 g/mol. The molecule has 2 saturated carbocycles. The second-order valence-corrected chi connectivity index (χ2v) is 8.83. The second kappa shape index (κ2) is 9.82. The Hall–Kier alpha value is -1.78. The zero-order chi connectivity index (χ0) is 20.9. The topological polar surface area (TPSA) is 37.3 Å². The molecule has 0 aromatic heterocycles. The lowest BCUT2D eigenvalue weighted by Gasteiger charge is -2.38. The van der Waals surface area contributed by atoms with Gasteiger partial charge in [-0.3, -0.25) is 0 Å². The Morgan fingerprint density at radius 2 is 1.48 bits per heavy atom. The van der Waals surface area contributed by atoms with Gasteiger partial charge in [0.25, 0.3) is 0 Å². The third-order valence-electron chi connectivity index (χ3n) is 7.04. The Balaban J connectivity index is 1.40. The summed E-state index contributed by atoms with van der Waals surface area (Å²) in [5, 5.41) is 8.63. The minimum absolute atomic E-state index is 0.394. The number of hydrogen-bond donors (Lipinski definition) is 1.